The fourth-order valence-corrected chi connectivity index (χ4v) is 15.1. The highest BCUT2D eigenvalue weighted by molar-refractivity contribution is 6.36. The number of ether oxygens (including phenoxy) is 4. The summed E-state index contributed by atoms with van der Waals surface area (Å²) in [6.07, 6.45) is 10.1. The van der Waals surface area contributed by atoms with Gasteiger partial charge in [-0.25, -0.2) is 8.78 Å². The molecule has 6 aliphatic heterocycles. The number of hydrogen-bond acceptors (Lipinski definition) is 16. The Balaban J connectivity index is 0.000000168. The Bertz CT molecular complexity index is 3640. The number of benzene rings is 4. The molecule has 14 rings (SSSR count). The number of piperazine rings is 2. The number of fused-ring (bicyclic) bond motifs is 4. The van der Waals surface area contributed by atoms with Crippen molar-refractivity contribution in [1.82, 2.24) is 39.5 Å². The number of nitrogens with zero attached hydrogens (tertiary/aromatic N) is 12. The van der Waals surface area contributed by atoms with Gasteiger partial charge in [0.05, 0.1) is 87.1 Å². The molecule has 4 saturated heterocycles. The lowest BCUT2D eigenvalue weighted by atomic mass is 9.94. The van der Waals surface area contributed by atoms with Crippen molar-refractivity contribution >= 4 is 68.2 Å². The average molecular weight is 1290 g/mol. The van der Waals surface area contributed by atoms with Gasteiger partial charge in [0, 0.05) is 108 Å². The van der Waals surface area contributed by atoms with Crippen LogP contribution in [0.5, 0.6) is 12.0 Å². The Kier molecular flexibility index (Phi) is 18.7. The predicted octanol–water partition coefficient (Wildman–Crippen LogP) is 11.5. The third-order valence-electron chi connectivity index (χ3n) is 19.8. The molecule has 0 spiro atoms. The summed E-state index contributed by atoms with van der Waals surface area (Å²) < 4.78 is 53.6. The molecule has 0 bridgehead atoms. The van der Waals surface area contributed by atoms with Crippen LogP contribution < -0.4 is 19.3 Å². The number of likely N-dealkylation sites (tertiary alicyclic amines) is 2. The van der Waals surface area contributed by atoms with Crippen LogP contribution in [0.1, 0.15) is 110 Å². The van der Waals surface area contributed by atoms with E-state index in [9.17, 15) is 28.9 Å². The van der Waals surface area contributed by atoms with E-state index < -0.39 is 35.6 Å². The van der Waals surface area contributed by atoms with Gasteiger partial charge in [0.2, 0.25) is 0 Å². The summed E-state index contributed by atoms with van der Waals surface area (Å²) in [7, 11) is 0. The molecule has 6 fully saturated rings. The number of amides is 2. The van der Waals surface area contributed by atoms with Crippen LogP contribution in [0.3, 0.4) is 0 Å². The van der Waals surface area contributed by atoms with Crippen molar-refractivity contribution in [2.24, 2.45) is 10.8 Å². The average Bonchev–Trinajstić information content (AvgIpc) is 1.31. The van der Waals surface area contributed by atoms with E-state index in [4.69, 9.17) is 62.1 Å². The monoisotopic (exact) mass is 1290 g/mol. The van der Waals surface area contributed by atoms with E-state index in [1.165, 1.54) is 35.5 Å². The van der Waals surface area contributed by atoms with Gasteiger partial charge in [0.25, 0.3) is 11.8 Å². The van der Waals surface area contributed by atoms with Gasteiger partial charge < -0.3 is 48.3 Å². The van der Waals surface area contributed by atoms with Crippen LogP contribution in [-0.4, -0.2) is 155 Å². The van der Waals surface area contributed by atoms with Gasteiger partial charge in [-0.1, -0.05) is 97.0 Å². The number of carbonyl (C=O) groups excluding carboxylic acids is 2. The zero-order chi connectivity index (χ0) is 63.7. The number of carbonyl (C=O) groups is 2. The Morgan fingerprint density at radius 1 is 0.576 bits per heavy atom. The molecule has 0 radical (unpaired) electrons. The lowest BCUT2D eigenvalue weighted by molar-refractivity contribution is -0.132. The topological polar surface area (TPSA) is 190 Å². The van der Waals surface area contributed by atoms with Crippen molar-refractivity contribution in [3.8, 4) is 24.2 Å². The van der Waals surface area contributed by atoms with Crippen molar-refractivity contribution in [1.29, 1.82) is 10.5 Å². The van der Waals surface area contributed by atoms with E-state index in [0.717, 1.165) is 120 Å². The molecule has 480 valence electrons. The molecule has 8 aliphatic rings. The van der Waals surface area contributed by atoms with Crippen LogP contribution in [0.15, 0.2) is 97.6 Å². The molecule has 2 aromatic heterocycles. The van der Waals surface area contributed by atoms with Gasteiger partial charge in [-0.05, 0) is 112 Å². The zero-order valence-electron chi connectivity index (χ0n) is 51.8. The molecule has 0 N–H and O–H groups in total. The number of anilines is 2. The van der Waals surface area contributed by atoms with Crippen LogP contribution in [0.4, 0.5) is 20.4 Å². The quantitative estimate of drug-likeness (QED) is 0.0738. The summed E-state index contributed by atoms with van der Waals surface area (Å²) in [4.78, 5) is 56.9. The highest BCUT2D eigenvalue weighted by atomic mass is 35.5. The van der Waals surface area contributed by atoms with E-state index in [1.807, 2.05) is 60.7 Å². The second-order valence-corrected chi connectivity index (χ2v) is 27.0. The van der Waals surface area contributed by atoms with Gasteiger partial charge in [0.15, 0.2) is 11.7 Å². The van der Waals surface area contributed by atoms with Crippen molar-refractivity contribution < 1.29 is 37.3 Å². The van der Waals surface area contributed by atoms with E-state index in [0.29, 0.717) is 85.9 Å². The van der Waals surface area contributed by atoms with Gasteiger partial charge in [-0.3, -0.25) is 9.59 Å². The maximum absolute atomic E-state index is 13.9. The normalized spacial score (nSPS) is 22.4. The molecule has 2 saturated carbocycles. The summed E-state index contributed by atoms with van der Waals surface area (Å²) in [6, 6.07) is 27.9. The Hall–Kier alpha value is -7.56. The highest BCUT2D eigenvalue weighted by Crippen LogP contribution is 2.49. The first-order valence-corrected chi connectivity index (χ1v) is 33.1. The molecule has 8 heterocycles. The molecule has 0 unspecified atom stereocenters. The van der Waals surface area contributed by atoms with Crippen LogP contribution >= 0.6 is 23.2 Å². The van der Waals surface area contributed by atoms with E-state index in [-0.39, 0.29) is 62.2 Å². The first-order valence-electron chi connectivity index (χ1n) is 32.3. The first kappa shape index (κ1) is 63.2. The van der Waals surface area contributed by atoms with Crippen LogP contribution in [-0.2, 0) is 45.1 Å². The van der Waals surface area contributed by atoms with Crippen molar-refractivity contribution in [2.45, 2.75) is 115 Å². The minimum absolute atomic E-state index is 0.0611. The molecule has 2 aliphatic carbocycles. The third kappa shape index (κ3) is 13.6. The minimum atomic E-state index is -1.03. The summed E-state index contributed by atoms with van der Waals surface area (Å²) in [5, 5.41) is 24.5. The zero-order valence-corrected chi connectivity index (χ0v) is 53.3. The summed E-state index contributed by atoms with van der Waals surface area (Å²) in [5.74, 6) is -2.26. The van der Waals surface area contributed by atoms with Gasteiger partial charge in [-0.15, -0.1) is 0 Å². The number of rotatable bonds is 18. The standard InChI is InChI=1S/2C35H38ClFN6O3/c2*1-23(37)33(44)43-17-16-42(19-25(43)10-13-38)32-27-20-45-30(26-8-4-6-24-7-5-9-28(36)31(24)26)18-29(27)39-34(40-32)46-22-35(11-12-35)21-41-14-2-3-15-41/h2*4-9,25,30H,1-3,10-12,14-22H2/t25-,30+;25-,30-/m00/s1. The van der Waals surface area contributed by atoms with Gasteiger partial charge in [0.1, 0.15) is 11.6 Å². The summed E-state index contributed by atoms with van der Waals surface area (Å²) >= 11 is 13.4. The van der Waals surface area contributed by atoms with Crippen molar-refractivity contribution in [3.05, 3.63) is 141 Å². The summed E-state index contributed by atoms with van der Waals surface area (Å²) in [5.41, 5.74) is 5.69. The maximum Gasteiger partial charge on any atom is 0.318 e. The lowest BCUT2D eigenvalue weighted by Crippen LogP contribution is -2.55. The molecule has 92 heavy (non-hydrogen) atoms. The third-order valence-corrected chi connectivity index (χ3v) is 20.5. The SMILES string of the molecule is C=C(F)C(=O)N1CCN(c2nc(OCC3(CN4CCCC4)CC3)nc3c2CO[C@@H](c2cccc4cccc(Cl)c24)C3)C[C@@H]1CC#N.C=C(F)C(=O)N1CCN(c2nc(OCC3(CN4CCCC4)CC3)nc3c2CO[C@H](c2cccc4cccc(Cl)c24)C3)C[C@@H]1CC#N. The van der Waals surface area contributed by atoms with Gasteiger partial charge in [-0.2, -0.15) is 30.5 Å². The van der Waals surface area contributed by atoms with Crippen LogP contribution in [0.25, 0.3) is 21.5 Å². The largest absolute Gasteiger partial charge is 0.463 e. The summed E-state index contributed by atoms with van der Waals surface area (Å²) in [6.45, 7) is 16.6. The molecule has 22 heteroatoms. The van der Waals surface area contributed by atoms with E-state index >= 15 is 0 Å². The molecular formula is C70H76Cl2F2N12O6. The van der Waals surface area contributed by atoms with Crippen LogP contribution in [0, 0.1) is 33.5 Å². The first-order chi connectivity index (χ1) is 44.7. The minimum Gasteiger partial charge on any atom is -0.463 e. The van der Waals surface area contributed by atoms with E-state index in [1.54, 1.807) is 0 Å². The second kappa shape index (κ2) is 27.2. The predicted molar refractivity (Wildman–Crippen MR) is 347 cm³/mol. The molecule has 4 aromatic carbocycles. The fourth-order valence-electron chi connectivity index (χ4n) is 14.5. The molecule has 6 aromatic rings. The second-order valence-electron chi connectivity index (χ2n) is 26.2. The Morgan fingerprint density at radius 3 is 1.34 bits per heavy atom. The van der Waals surface area contributed by atoms with E-state index in [2.05, 4.69) is 57.0 Å². The number of hydrogen-bond donors (Lipinski definition) is 0. The molecular weight excluding hydrogens is 1210 g/mol. The number of nitriles is 2. The fraction of sp³-hybridized carbons (Fsp3) is 0.486. The maximum atomic E-state index is 13.9. The molecule has 18 nitrogen and oxygen atoms in total. The van der Waals surface area contributed by atoms with Gasteiger partial charge >= 0.3 is 12.0 Å². The van der Waals surface area contributed by atoms with Crippen molar-refractivity contribution in [3.63, 3.8) is 0 Å². The van der Waals surface area contributed by atoms with Crippen LogP contribution in [0.2, 0.25) is 10.0 Å². The Labute approximate surface area is 545 Å². The number of aromatic nitrogens is 4. The smallest absolute Gasteiger partial charge is 0.318 e. The number of halogens is 4. The molecule has 2 amide bonds. The van der Waals surface area contributed by atoms with Crippen molar-refractivity contribution in [2.75, 3.05) is 102 Å². The Morgan fingerprint density at radius 2 is 0.967 bits per heavy atom. The highest BCUT2D eigenvalue weighted by Gasteiger charge is 2.47. The molecule has 4 atom stereocenters. The lowest BCUT2D eigenvalue weighted by Gasteiger charge is -2.42.